The first kappa shape index (κ1) is 13.8. The molecule has 0 amide bonds. The minimum absolute atomic E-state index is 0.0199. The van der Waals surface area contributed by atoms with E-state index in [1.54, 1.807) is 18.3 Å². The van der Waals surface area contributed by atoms with Crippen molar-refractivity contribution >= 4 is 26.3 Å². The van der Waals surface area contributed by atoms with E-state index >= 15 is 0 Å². The number of thiazole rings is 1. The van der Waals surface area contributed by atoms with Crippen LogP contribution in [0.1, 0.15) is 11.3 Å². The Labute approximate surface area is 125 Å². The van der Waals surface area contributed by atoms with Crippen molar-refractivity contribution in [3.63, 3.8) is 0 Å². The number of aromatic nitrogens is 2. The van der Waals surface area contributed by atoms with Crippen LogP contribution >= 0.6 is 11.3 Å². The first-order valence-corrected chi connectivity index (χ1v) is 8.36. The van der Waals surface area contributed by atoms with Gasteiger partial charge >= 0.3 is 0 Å². The summed E-state index contributed by atoms with van der Waals surface area (Å²) < 4.78 is 28.8. The lowest BCUT2D eigenvalue weighted by Gasteiger charge is -2.06. The van der Waals surface area contributed by atoms with E-state index in [1.807, 2.05) is 22.0 Å². The largest absolute Gasteiger partial charge is 0.297 e. The maximum Gasteiger partial charge on any atom is 0.242 e. The van der Waals surface area contributed by atoms with Gasteiger partial charge in [-0.3, -0.25) is 4.40 Å². The van der Waals surface area contributed by atoms with Gasteiger partial charge in [-0.05, 0) is 12.1 Å². The molecule has 0 spiro atoms. The van der Waals surface area contributed by atoms with Gasteiger partial charge in [0.1, 0.15) is 6.07 Å². The quantitative estimate of drug-likeness (QED) is 0.794. The summed E-state index contributed by atoms with van der Waals surface area (Å²) in [6.07, 6.45) is 3.63. The van der Waals surface area contributed by atoms with Crippen LogP contribution in [0.2, 0.25) is 0 Å². The van der Waals surface area contributed by atoms with Crippen molar-refractivity contribution < 1.29 is 8.42 Å². The molecule has 0 bridgehead atoms. The SMILES string of the molecule is N#Cc1ccccc1S(=O)(=O)NCc1cn2ccsc2n1. The molecule has 106 valence electrons. The second-order valence-corrected chi connectivity index (χ2v) is 6.87. The first-order valence-electron chi connectivity index (χ1n) is 6.00. The molecule has 21 heavy (non-hydrogen) atoms. The lowest BCUT2D eigenvalue weighted by molar-refractivity contribution is 0.580. The normalized spacial score (nSPS) is 11.6. The second kappa shape index (κ2) is 5.29. The number of rotatable bonds is 4. The molecular weight excluding hydrogens is 308 g/mol. The Morgan fingerprint density at radius 2 is 2.19 bits per heavy atom. The molecule has 0 saturated heterocycles. The summed E-state index contributed by atoms with van der Waals surface area (Å²) in [4.78, 5) is 5.09. The summed E-state index contributed by atoms with van der Waals surface area (Å²) in [6, 6.07) is 7.97. The summed E-state index contributed by atoms with van der Waals surface area (Å²) in [7, 11) is -3.74. The Kier molecular flexibility index (Phi) is 3.47. The maximum absolute atomic E-state index is 12.2. The maximum atomic E-state index is 12.2. The molecule has 1 aromatic carbocycles. The molecule has 0 aliphatic rings. The molecule has 0 aliphatic heterocycles. The summed E-state index contributed by atoms with van der Waals surface area (Å²) in [5.74, 6) is 0. The lowest BCUT2D eigenvalue weighted by Crippen LogP contribution is -2.24. The summed E-state index contributed by atoms with van der Waals surface area (Å²) in [6.45, 7) is 0.0799. The number of fused-ring (bicyclic) bond motifs is 1. The Balaban J connectivity index is 1.83. The molecule has 0 saturated carbocycles. The highest BCUT2D eigenvalue weighted by Gasteiger charge is 2.18. The Morgan fingerprint density at radius 1 is 1.38 bits per heavy atom. The van der Waals surface area contributed by atoms with Crippen molar-refractivity contribution in [3.05, 3.63) is 53.3 Å². The fourth-order valence-electron chi connectivity index (χ4n) is 1.90. The zero-order chi connectivity index (χ0) is 14.9. The molecule has 0 aliphatic carbocycles. The van der Waals surface area contributed by atoms with E-state index < -0.39 is 10.0 Å². The number of nitrogens with one attached hydrogen (secondary N) is 1. The van der Waals surface area contributed by atoms with Crippen LogP contribution in [-0.4, -0.2) is 17.8 Å². The van der Waals surface area contributed by atoms with Gasteiger partial charge in [-0.25, -0.2) is 18.1 Å². The molecule has 2 heterocycles. The predicted molar refractivity (Wildman–Crippen MR) is 78.3 cm³/mol. The molecule has 1 N–H and O–H groups in total. The van der Waals surface area contributed by atoms with Gasteiger partial charge in [-0.1, -0.05) is 12.1 Å². The van der Waals surface area contributed by atoms with Crippen molar-refractivity contribution in [1.82, 2.24) is 14.1 Å². The average molecular weight is 318 g/mol. The van der Waals surface area contributed by atoms with E-state index in [0.29, 0.717) is 5.69 Å². The number of imidazole rings is 1. The number of hydrogen-bond donors (Lipinski definition) is 1. The molecule has 8 heteroatoms. The van der Waals surface area contributed by atoms with Crippen LogP contribution in [0, 0.1) is 11.3 Å². The van der Waals surface area contributed by atoms with Crippen molar-refractivity contribution in [3.8, 4) is 6.07 Å². The van der Waals surface area contributed by atoms with E-state index in [1.165, 1.54) is 23.5 Å². The predicted octanol–water partition coefficient (Wildman–Crippen LogP) is 1.75. The number of nitrogens with zero attached hydrogens (tertiary/aromatic N) is 3. The molecular formula is C13H10N4O2S2. The van der Waals surface area contributed by atoms with Crippen LogP contribution in [0.25, 0.3) is 4.96 Å². The number of sulfonamides is 1. The zero-order valence-electron chi connectivity index (χ0n) is 10.7. The molecule has 0 fully saturated rings. The van der Waals surface area contributed by atoms with Gasteiger partial charge < -0.3 is 0 Å². The van der Waals surface area contributed by atoms with Gasteiger partial charge in [-0.15, -0.1) is 11.3 Å². The van der Waals surface area contributed by atoms with Crippen molar-refractivity contribution in [2.45, 2.75) is 11.4 Å². The highest BCUT2D eigenvalue weighted by atomic mass is 32.2. The minimum atomic E-state index is -3.74. The van der Waals surface area contributed by atoms with Crippen LogP contribution < -0.4 is 4.72 Å². The fourth-order valence-corrected chi connectivity index (χ4v) is 3.77. The van der Waals surface area contributed by atoms with Gasteiger partial charge in [0.2, 0.25) is 10.0 Å². The van der Waals surface area contributed by atoms with E-state index in [9.17, 15) is 8.42 Å². The first-order chi connectivity index (χ1) is 10.1. The van der Waals surface area contributed by atoms with Gasteiger partial charge in [0.05, 0.1) is 22.7 Å². The van der Waals surface area contributed by atoms with Crippen LogP contribution in [0.4, 0.5) is 0 Å². The van der Waals surface area contributed by atoms with E-state index in [0.717, 1.165) is 4.96 Å². The standard InChI is InChI=1S/C13H10N4O2S2/c14-7-10-3-1-2-4-12(10)21(18,19)15-8-11-9-17-5-6-20-13(17)16-11/h1-6,9,15H,8H2. The van der Waals surface area contributed by atoms with E-state index in [4.69, 9.17) is 5.26 Å². The van der Waals surface area contributed by atoms with Gasteiger partial charge in [-0.2, -0.15) is 5.26 Å². The molecule has 0 atom stereocenters. The highest BCUT2D eigenvalue weighted by Crippen LogP contribution is 2.15. The van der Waals surface area contributed by atoms with Crippen molar-refractivity contribution in [1.29, 1.82) is 5.26 Å². The third-order valence-electron chi connectivity index (χ3n) is 2.88. The number of hydrogen-bond acceptors (Lipinski definition) is 5. The topological polar surface area (TPSA) is 87.3 Å². The Hall–Kier alpha value is -2.21. The Bertz CT molecular complexity index is 906. The zero-order valence-corrected chi connectivity index (χ0v) is 12.4. The molecule has 3 aromatic rings. The van der Waals surface area contributed by atoms with Crippen molar-refractivity contribution in [2.24, 2.45) is 0 Å². The van der Waals surface area contributed by atoms with Gasteiger partial charge in [0.15, 0.2) is 4.96 Å². The summed E-state index contributed by atoms with van der Waals surface area (Å²) in [5, 5.41) is 10.9. The summed E-state index contributed by atoms with van der Waals surface area (Å²) in [5.41, 5.74) is 0.746. The fraction of sp³-hybridized carbons (Fsp3) is 0.0769. The molecule has 0 radical (unpaired) electrons. The molecule has 6 nitrogen and oxygen atoms in total. The third-order valence-corrected chi connectivity index (χ3v) is 5.11. The minimum Gasteiger partial charge on any atom is -0.297 e. The molecule has 2 aromatic heterocycles. The van der Waals surface area contributed by atoms with Gasteiger partial charge in [0.25, 0.3) is 0 Å². The monoisotopic (exact) mass is 318 g/mol. The van der Waals surface area contributed by atoms with Gasteiger partial charge in [0, 0.05) is 17.8 Å². The van der Waals surface area contributed by atoms with Crippen LogP contribution in [0.5, 0.6) is 0 Å². The molecule has 0 unspecified atom stereocenters. The van der Waals surface area contributed by atoms with Crippen molar-refractivity contribution in [2.75, 3.05) is 0 Å². The Morgan fingerprint density at radius 3 is 2.95 bits per heavy atom. The number of benzene rings is 1. The van der Waals surface area contributed by atoms with Crippen LogP contribution in [0.15, 0.2) is 46.9 Å². The smallest absolute Gasteiger partial charge is 0.242 e. The highest BCUT2D eigenvalue weighted by molar-refractivity contribution is 7.89. The van der Waals surface area contributed by atoms with E-state index in [-0.39, 0.29) is 17.0 Å². The van der Waals surface area contributed by atoms with Crippen LogP contribution in [0.3, 0.4) is 0 Å². The number of nitriles is 1. The van der Waals surface area contributed by atoms with E-state index in [2.05, 4.69) is 9.71 Å². The third kappa shape index (κ3) is 2.67. The average Bonchev–Trinajstić information content (AvgIpc) is 3.06. The lowest BCUT2D eigenvalue weighted by atomic mass is 10.2. The molecule has 3 rings (SSSR count). The second-order valence-electron chi connectivity index (χ2n) is 4.26. The van der Waals surface area contributed by atoms with Crippen LogP contribution in [-0.2, 0) is 16.6 Å². The summed E-state index contributed by atoms with van der Waals surface area (Å²) >= 11 is 1.48.